The van der Waals surface area contributed by atoms with Crippen molar-refractivity contribution < 1.29 is 14.6 Å². The van der Waals surface area contributed by atoms with Gasteiger partial charge in [0.1, 0.15) is 5.69 Å². The number of nitrogens with one attached hydrogen (secondary N) is 1. The molecular formula is C22H23N3O3. The van der Waals surface area contributed by atoms with E-state index in [0.29, 0.717) is 25.1 Å². The third-order valence-corrected chi connectivity index (χ3v) is 5.03. The van der Waals surface area contributed by atoms with Crippen LogP contribution in [-0.2, 0) is 11.2 Å². The molecule has 0 aliphatic carbocycles. The van der Waals surface area contributed by atoms with Gasteiger partial charge in [0.15, 0.2) is 0 Å². The van der Waals surface area contributed by atoms with Crippen LogP contribution in [0.2, 0.25) is 0 Å². The lowest BCUT2D eigenvalue weighted by atomic mass is 10.00. The van der Waals surface area contributed by atoms with Gasteiger partial charge >= 0.3 is 0 Å². The fourth-order valence-corrected chi connectivity index (χ4v) is 3.58. The predicted molar refractivity (Wildman–Crippen MR) is 106 cm³/mol. The summed E-state index contributed by atoms with van der Waals surface area (Å²) in [5.41, 5.74) is 4.27. The third-order valence-electron chi connectivity index (χ3n) is 5.03. The first-order valence-electron chi connectivity index (χ1n) is 9.47. The van der Waals surface area contributed by atoms with Crippen molar-refractivity contribution in [1.29, 1.82) is 0 Å². The van der Waals surface area contributed by atoms with Crippen molar-refractivity contribution in [2.75, 3.05) is 13.2 Å². The normalized spacial score (nSPS) is 19.5. The van der Waals surface area contributed by atoms with Crippen molar-refractivity contribution in [3.05, 3.63) is 71.2 Å². The molecule has 0 bridgehead atoms. The Morgan fingerprint density at radius 1 is 1.29 bits per heavy atom. The largest absolute Gasteiger partial charge is 0.389 e. The van der Waals surface area contributed by atoms with Crippen LogP contribution in [0, 0.1) is 6.92 Å². The van der Waals surface area contributed by atoms with Crippen molar-refractivity contribution in [3.8, 4) is 0 Å². The molecule has 1 amide bonds. The van der Waals surface area contributed by atoms with Gasteiger partial charge in [-0.2, -0.15) is 0 Å². The Morgan fingerprint density at radius 3 is 2.96 bits per heavy atom. The number of ether oxygens (including phenoxy) is 1. The number of fused-ring (bicyclic) bond motifs is 1. The van der Waals surface area contributed by atoms with Gasteiger partial charge in [0.2, 0.25) is 0 Å². The fraction of sp³-hybridized carbons (Fsp3) is 0.318. The number of hydrogen-bond donors (Lipinski definition) is 2. The molecule has 3 heterocycles. The highest BCUT2D eigenvalue weighted by molar-refractivity contribution is 5.96. The van der Waals surface area contributed by atoms with Gasteiger partial charge in [-0.1, -0.05) is 18.2 Å². The summed E-state index contributed by atoms with van der Waals surface area (Å²) in [5.74, 6) is -0.274. The number of rotatable bonds is 4. The monoisotopic (exact) mass is 377 g/mol. The minimum atomic E-state index is -0.697. The van der Waals surface area contributed by atoms with Gasteiger partial charge in [-0.3, -0.25) is 9.78 Å². The number of aromatic nitrogens is 2. The molecule has 1 fully saturated rings. The number of aliphatic hydroxyl groups excluding tert-OH is 1. The zero-order valence-corrected chi connectivity index (χ0v) is 15.8. The molecule has 1 aliphatic rings. The van der Waals surface area contributed by atoms with Gasteiger partial charge in [0, 0.05) is 23.9 Å². The minimum absolute atomic E-state index is 0.239. The molecule has 2 atom stereocenters. The van der Waals surface area contributed by atoms with Crippen molar-refractivity contribution in [2.24, 2.45) is 0 Å². The Bertz CT molecular complexity index is 1010. The summed E-state index contributed by atoms with van der Waals surface area (Å²) in [5, 5.41) is 14.0. The molecule has 0 saturated carbocycles. The minimum Gasteiger partial charge on any atom is -0.389 e. The van der Waals surface area contributed by atoms with Crippen LogP contribution in [0.25, 0.3) is 10.9 Å². The Balaban J connectivity index is 1.66. The van der Waals surface area contributed by atoms with Gasteiger partial charge in [0.25, 0.3) is 5.91 Å². The molecule has 1 saturated heterocycles. The number of para-hydroxylation sites is 1. The summed E-state index contributed by atoms with van der Waals surface area (Å²) >= 11 is 0. The molecule has 6 nitrogen and oxygen atoms in total. The molecule has 2 aromatic heterocycles. The molecule has 0 radical (unpaired) electrons. The van der Waals surface area contributed by atoms with Crippen LogP contribution in [0.15, 0.2) is 48.7 Å². The van der Waals surface area contributed by atoms with Crippen molar-refractivity contribution >= 4 is 16.8 Å². The van der Waals surface area contributed by atoms with E-state index in [1.807, 2.05) is 49.4 Å². The van der Waals surface area contributed by atoms with Crippen molar-refractivity contribution in [1.82, 2.24) is 15.3 Å². The summed E-state index contributed by atoms with van der Waals surface area (Å²) in [6.45, 7) is 2.73. The lowest BCUT2D eigenvalue weighted by molar-refractivity contribution is -0.0261. The predicted octanol–water partition coefficient (Wildman–Crippen LogP) is 2.41. The molecule has 28 heavy (non-hydrogen) atoms. The van der Waals surface area contributed by atoms with Crippen molar-refractivity contribution in [3.63, 3.8) is 0 Å². The van der Waals surface area contributed by atoms with Crippen LogP contribution in [-0.4, -0.2) is 46.3 Å². The first-order valence-corrected chi connectivity index (χ1v) is 9.47. The summed E-state index contributed by atoms with van der Waals surface area (Å²) in [6.07, 6.45) is 2.38. The SMILES string of the molecule is Cc1cc(Cc2cc(C(=O)N[C@H]3CCOC[C@@H]3O)nc3ccccc23)ccn1. The number of carbonyl (C=O) groups excluding carboxylic acids is 1. The van der Waals surface area contributed by atoms with E-state index in [4.69, 9.17) is 4.74 Å². The smallest absolute Gasteiger partial charge is 0.270 e. The maximum absolute atomic E-state index is 12.8. The average molecular weight is 377 g/mol. The van der Waals surface area contributed by atoms with E-state index in [9.17, 15) is 9.90 Å². The first kappa shape index (κ1) is 18.5. The highest BCUT2D eigenvalue weighted by Gasteiger charge is 2.26. The van der Waals surface area contributed by atoms with E-state index >= 15 is 0 Å². The molecule has 0 unspecified atom stereocenters. The van der Waals surface area contributed by atoms with Gasteiger partial charge in [-0.05, 0) is 55.2 Å². The van der Waals surface area contributed by atoms with Crippen LogP contribution < -0.4 is 5.32 Å². The number of nitrogens with zero attached hydrogens (tertiary/aromatic N) is 2. The second-order valence-electron chi connectivity index (χ2n) is 7.18. The molecular weight excluding hydrogens is 354 g/mol. The number of hydrogen-bond acceptors (Lipinski definition) is 5. The van der Waals surface area contributed by atoms with E-state index in [1.165, 1.54) is 0 Å². The highest BCUT2D eigenvalue weighted by atomic mass is 16.5. The molecule has 4 rings (SSSR count). The third kappa shape index (κ3) is 4.03. The van der Waals surface area contributed by atoms with E-state index < -0.39 is 6.10 Å². The Hall–Kier alpha value is -2.83. The molecule has 144 valence electrons. The lowest BCUT2D eigenvalue weighted by Crippen LogP contribution is -2.48. The zero-order chi connectivity index (χ0) is 19.5. The van der Waals surface area contributed by atoms with Crippen molar-refractivity contribution in [2.45, 2.75) is 31.9 Å². The maximum Gasteiger partial charge on any atom is 0.270 e. The molecule has 2 N–H and O–H groups in total. The second kappa shape index (κ2) is 8.04. The van der Waals surface area contributed by atoms with E-state index in [0.717, 1.165) is 27.7 Å². The quantitative estimate of drug-likeness (QED) is 0.729. The number of benzene rings is 1. The number of carbonyl (C=O) groups is 1. The molecule has 1 aliphatic heterocycles. The lowest BCUT2D eigenvalue weighted by Gasteiger charge is -2.28. The molecule has 1 aromatic carbocycles. The highest BCUT2D eigenvalue weighted by Crippen LogP contribution is 2.22. The number of aryl methyl sites for hydroxylation is 1. The Labute approximate surface area is 163 Å². The van der Waals surface area contributed by atoms with Gasteiger partial charge in [-0.25, -0.2) is 4.98 Å². The standard InChI is InChI=1S/C22H23N3O3/c1-14-10-15(6-8-23-14)11-16-12-20(24-18-5-3-2-4-17(16)18)22(27)25-19-7-9-28-13-21(19)26/h2-6,8,10,12,19,21,26H,7,9,11,13H2,1H3,(H,25,27)/t19-,21-/m0/s1. The van der Waals surface area contributed by atoms with E-state index in [2.05, 4.69) is 15.3 Å². The summed E-state index contributed by atoms with van der Waals surface area (Å²) in [4.78, 5) is 21.6. The number of pyridine rings is 2. The van der Waals surface area contributed by atoms with Crippen LogP contribution in [0.1, 0.15) is 33.7 Å². The van der Waals surface area contributed by atoms with Gasteiger partial charge in [0.05, 0.1) is 24.3 Å². The summed E-state index contributed by atoms with van der Waals surface area (Å²) in [7, 11) is 0. The van der Waals surface area contributed by atoms with E-state index in [1.54, 1.807) is 6.20 Å². The Kier molecular flexibility index (Phi) is 5.32. The van der Waals surface area contributed by atoms with Crippen LogP contribution in [0.3, 0.4) is 0 Å². The Morgan fingerprint density at radius 2 is 2.14 bits per heavy atom. The first-order chi connectivity index (χ1) is 13.6. The maximum atomic E-state index is 12.8. The average Bonchev–Trinajstić information content (AvgIpc) is 2.69. The summed E-state index contributed by atoms with van der Waals surface area (Å²) < 4.78 is 5.23. The molecule has 0 spiro atoms. The molecule has 6 heteroatoms. The summed E-state index contributed by atoms with van der Waals surface area (Å²) in [6, 6.07) is 13.4. The number of amides is 1. The second-order valence-corrected chi connectivity index (χ2v) is 7.18. The number of aliphatic hydroxyl groups is 1. The molecule has 3 aromatic rings. The van der Waals surface area contributed by atoms with Crippen LogP contribution >= 0.6 is 0 Å². The van der Waals surface area contributed by atoms with Crippen LogP contribution in [0.5, 0.6) is 0 Å². The zero-order valence-electron chi connectivity index (χ0n) is 15.8. The fourth-order valence-electron chi connectivity index (χ4n) is 3.58. The topological polar surface area (TPSA) is 84.3 Å². The van der Waals surface area contributed by atoms with Crippen LogP contribution in [0.4, 0.5) is 0 Å². The van der Waals surface area contributed by atoms with Gasteiger partial charge < -0.3 is 15.2 Å². The van der Waals surface area contributed by atoms with Gasteiger partial charge in [-0.15, -0.1) is 0 Å². The van der Waals surface area contributed by atoms with E-state index in [-0.39, 0.29) is 18.6 Å².